The quantitative estimate of drug-likeness (QED) is 0.923. The van der Waals surface area contributed by atoms with Gasteiger partial charge in [0.05, 0.1) is 10.9 Å². The van der Waals surface area contributed by atoms with E-state index in [1.165, 1.54) is 16.4 Å². The SMILES string of the molecule is Cc1ccc(S(=O)(=O)N2CCC(CO)C2c2ccc(F)cc2)cc1. The summed E-state index contributed by atoms with van der Waals surface area (Å²) < 4.78 is 40.7. The molecule has 0 aromatic heterocycles. The maximum Gasteiger partial charge on any atom is 0.243 e. The number of hydrogen-bond donors (Lipinski definition) is 1. The number of hydrogen-bond acceptors (Lipinski definition) is 3. The number of benzene rings is 2. The second kappa shape index (κ2) is 6.63. The van der Waals surface area contributed by atoms with Crippen LogP contribution in [0, 0.1) is 18.7 Å². The zero-order chi connectivity index (χ0) is 17.3. The number of nitrogens with zero attached hydrogens (tertiary/aromatic N) is 1. The van der Waals surface area contributed by atoms with Crippen molar-refractivity contribution in [3.63, 3.8) is 0 Å². The molecule has 2 atom stereocenters. The van der Waals surface area contributed by atoms with Crippen LogP contribution in [0.4, 0.5) is 4.39 Å². The van der Waals surface area contributed by atoms with E-state index in [1.54, 1.807) is 36.4 Å². The zero-order valence-corrected chi connectivity index (χ0v) is 14.2. The van der Waals surface area contributed by atoms with Crippen LogP contribution in [0.1, 0.15) is 23.6 Å². The third kappa shape index (κ3) is 3.09. The van der Waals surface area contributed by atoms with Crippen molar-refractivity contribution in [3.8, 4) is 0 Å². The Bertz CT molecular complexity index is 803. The van der Waals surface area contributed by atoms with Crippen molar-refractivity contribution in [2.24, 2.45) is 5.92 Å². The van der Waals surface area contributed by atoms with E-state index < -0.39 is 16.1 Å². The van der Waals surface area contributed by atoms with Gasteiger partial charge in [-0.1, -0.05) is 29.8 Å². The van der Waals surface area contributed by atoms with Gasteiger partial charge in [0.1, 0.15) is 5.82 Å². The molecule has 0 saturated carbocycles. The summed E-state index contributed by atoms with van der Waals surface area (Å²) in [4.78, 5) is 0.235. The van der Waals surface area contributed by atoms with Gasteiger partial charge < -0.3 is 5.11 Å². The van der Waals surface area contributed by atoms with Gasteiger partial charge in [0.25, 0.3) is 0 Å². The highest BCUT2D eigenvalue weighted by molar-refractivity contribution is 7.89. The van der Waals surface area contributed by atoms with Crippen LogP contribution >= 0.6 is 0 Å². The van der Waals surface area contributed by atoms with E-state index in [9.17, 15) is 17.9 Å². The van der Waals surface area contributed by atoms with Crippen molar-refractivity contribution in [1.82, 2.24) is 4.31 Å². The lowest BCUT2D eigenvalue weighted by Crippen LogP contribution is -2.32. The van der Waals surface area contributed by atoms with Gasteiger partial charge in [0.2, 0.25) is 10.0 Å². The molecular formula is C18H20FNO3S. The molecule has 6 heteroatoms. The topological polar surface area (TPSA) is 57.6 Å². The minimum absolute atomic E-state index is 0.109. The monoisotopic (exact) mass is 349 g/mol. The number of aliphatic hydroxyl groups excluding tert-OH is 1. The summed E-state index contributed by atoms with van der Waals surface area (Å²) >= 11 is 0. The molecule has 0 spiro atoms. The van der Waals surface area contributed by atoms with Crippen molar-refractivity contribution in [3.05, 3.63) is 65.5 Å². The third-order valence-electron chi connectivity index (χ3n) is 4.55. The molecule has 0 aliphatic carbocycles. The van der Waals surface area contributed by atoms with Crippen molar-refractivity contribution >= 4 is 10.0 Å². The Balaban J connectivity index is 2.01. The summed E-state index contributed by atoms with van der Waals surface area (Å²) in [7, 11) is -3.68. The first kappa shape index (κ1) is 17.1. The van der Waals surface area contributed by atoms with Crippen LogP contribution in [0.3, 0.4) is 0 Å². The molecule has 1 aliphatic heterocycles. The Labute approximate surface area is 141 Å². The van der Waals surface area contributed by atoms with E-state index in [1.807, 2.05) is 6.92 Å². The lowest BCUT2D eigenvalue weighted by Gasteiger charge is -2.27. The molecule has 128 valence electrons. The molecule has 0 amide bonds. The minimum atomic E-state index is -3.68. The fourth-order valence-corrected chi connectivity index (χ4v) is 4.92. The van der Waals surface area contributed by atoms with E-state index in [-0.39, 0.29) is 23.2 Å². The van der Waals surface area contributed by atoms with Gasteiger partial charge in [-0.3, -0.25) is 0 Å². The molecule has 3 rings (SSSR count). The van der Waals surface area contributed by atoms with Crippen LogP contribution in [0.2, 0.25) is 0 Å². The van der Waals surface area contributed by atoms with Crippen LogP contribution in [0.25, 0.3) is 0 Å². The molecule has 1 heterocycles. The molecule has 2 unspecified atom stereocenters. The first-order valence-electron chi connectivity index (χ1n) is 7.88. The van der Waals surface area contributed by atoms with Gasteiger partial charge >= 0.3 is 0 Å². The summed E-state index contributed by atoms with van der Waals surface area (Å²) in [5.74, 6) is -0.569. The van der Waals surface area contributed by atoms with Gasteiger partial charge in [-0.25, -0.2) is 12.8 Å². The van der Waals surface area contributed by atoms with E-state index in [4.69, 9.17) is 0 Å². The van der Waals surface area contributed by atoms with Gasteiger partial charge in [0, 0.05) is 19.1 Å². The number of rotatable bonds is 4. The highest BCUT2D eigenvalue weighted by atomic mass is 32.2. The van der Waals surface area contributed by atoms with Crippen LogP contribution in [-0.2, 0) is 10.0 Å². The average molecular weight is 349 g/mol. The second-order valence-corrected chi connectivity index (χ2v) is 8.05. The Morgan fingerprint density at radius 1 is 1.12 bits per heavy atom. The highest BCUT2D eigenvalue weighted by Gasteiger charge is 2.42. The summed E-state index contributed by atoms with van der Waals surface area (Å²) in [6, 6.07) is 12.0. The van der Waals surface area contributed by atoms with E-state index in [0.29, 0.717) is 18.5 Å². The molecular weight excluding hydrogens is 329 g/mol. The van der Waals surface area contributed by atoms with Crippen molar-refractivity contribution in [2.45, 2.75) is 24.3 Å². The predicted octanol–water partition coefficient (Wildman–Crippen LogP) is 2.88. The molecule has 1 N–H and O–H groups in total. The van der Waals surface area contributed by atoms with Crippen molar-refractivity contribution in [2.75, 3.05) is 13.2 Å². The molecule has 1 fully saturated rings. The summed E-state index contributed by atoms with van der Waals surface area (Å²) in [5, 5.41) is 9.65. The molecule has 24 heavy (non-hydrogen) atoms. The Hall–Kier alpha value is -1.76. The van der Waals surface area contributed by atoms with E-state index in [2.05, 4.69) is 0 Å². The molecule has 0 radical (unpaired) electrons. The van der Waals surface area contributed by atoms with Crippen LogP contribution in [0.15, 0.2) is 53.4 Å². The van der Waals surface area contributed by atoms with Gasteiger partial charge in [-0.15, -0.1) is 0 Å². The molecule has 1 aliphatic rings. The van der Waals surface area contributed by atoms with Crippen LogP contribution in [0.5, 0.6) is 0 Å². The van der Waals surface area contributed by atoms with Gasteiger partial charge in [-0.05, 0) is 43.2 Å². The summed E-state index contributed by atoms with van der Waals surface area (Å²) in [6.07, 6.45) is 0.573. The number of halogens is 1. The molecule has 4 nitrogen and oxygen atoms in total. The van der Waals surface area contributed by atoms with Crippen molar-refractivity contribution < 1.29 is 17.9 Å². The predicted molar refractivity (Wildman–Crippen MR) is 89.4 cm³/mol. The van der Waals surface area contributed by atoms with Crippen LogP contribution in [-0.4, -0.2) is 31.0 Å². The smallest absolute Gasteiger partial charge is 0.243 e. The Morgan fingerprint density at radius 2 is 1.75 bits per heavy atom. The largest absolute Gasteiger partial charge is 0.396 e. The fourth-order valence-electron chi connectivity index (χ4n) is 3.23. The van der Waals surface area contributed by atoms with E-state index >= 15 is 0 Å². The second-order valence-electron chi connectivity index (χ2n) is 6.16. The maximum absolute atomic E-state index is 13.2. The molecule has 1 saturated heterocycles. The average Bonchev–Trinajstić information content (AvgIpc) is 3.01. The maximum atomic E-state index is 13.2. The van der Waals surface area contributed by atoms with E-state index in [0.717, 1.165) is 5.56 Å². The Kier molecular flexibility index (Phi) is 4.71. The standard InChI is InChI=1S/C18H20FNO3S/c1-13-2-8-17(9-3-13)24(22,23)20-11-10-15(12-21)18(20)14-4-6-16(19)7-5-14/h2-9,15,18,21H,10-12H2,1H3. The molecule has 0 bridgehead atoms. The number of aliphatic hydroxyl groups is 1. The van der Waals surface area contributed by atoms with Gasteiger partial charge in [0.15, 0.2) is 0 Å². The Morgan fingerprint density at radius 3 is 2.33 bits per heavy atom. The first-order valence-corrected chi connectivity index (χ1v) is 9.32. The molecule has 2 aromatic rings. The minimum Gasteiger partial charge on any atom is -0.396 e. The highest BCUT2D eigenvalue weighted by Crippen LogP contribution is 2.40. The van der Waals surface area contributed by atoms with Crippen LogP contribution < -0.4 is 0 Å². The lowest BCUT2D eigenvalue weighted by atomic mass is 9.95. The van der Waals surface area contributed by atoms with Crippen molar-refractivity contribution in [1.29, 1.82) is 0 Å². The summed E-state index contributed by atoms with van der Waals surface area (Å²) in [6.45, 7) is 2.13. The molecule has 2 aromatic carbocycles. The number of sulfonamides is 1. The normalized spacial score (nSPS) is 22.0. The fraction of sp³-hybridized carbons (Fsp3) is 0.333. The third-order valence-corrected chi connectivity index (χ3v) is 6.45. The summed E-state index contributed by atoms with van der Waals surface area (Å²) in [5.41, 5.74) is 1.68. The lowest BCUT2D eigenvalue weighted by molar-refractivity contribution is 0.199. The number of aryl methyl sites for hydroxylation is 1. The first-order chi connectivity index (χ1) is 11.4. The van der Waals surface area contributed by atoms with Gasteiger partial charge in [-0.2, -0.15) is 4.31 Å². The zero-order valence-electron chi connectivity index (χ0n) is 13.4.